The number of benzene rings is 2. The second-order valence-electron chi connectivity index (χ2n) is 6.24. The molecule has 0 spiro atoms. The van der Waals surface area contributed by atoms with E-state index >= 15 is 0 Å². The number of nitrogens with one attached hydrogen (secondary N) is 1. The number of rotatable bonds is 5. The van der Waals surface area contributed by atoms with Crippen molar-refractivity contribution in [2.75, 3.05) is 32.7 Å². The lowest BCUT2D eigenvalue weighted by molar-refractivity contribution is -0.907. The summed E-state index contributed by atoms with van der Waals surface area (Å²) in [7, 11) is -3.48. The molecule has 1 aliphatic heterocycles. The molecule has 5 nitrogen and oxygen atoms in total. The second-order valence-corrected chi connectivity index (χ2v) is 8.61. The summed E-state index contributed by atoms with van der Waals surface area (Å²) in [5, 5.41) is 10.9. The van der Waals surface area contributed by atoms with E-state index in [4.69, 9.17) is 11.6 Å². The topological polar surface area (TPSA) is 62.0 Å². The lowest BCUT2D eigenvalue weighted by Crippen LogP contribution is -3.15. The van der Waals surface area contributed by atoms with Crippen LogP contribution in [0.25, 0.3) is 0 Å². The lowest BCUT2D eigenvalue weighted by atomic mass is 10.1. The van der Waals surface area contributed by atoms with E-state index in [0.29, 0.717) is 37.7 Å². The summed E-state index contributed by atoms with van der Waals surface area (Å²) in [6.45, 7) is 2.83. The molecule has 0 aliphatic carbocycles. The van der Waals surface area contributed by atoms with E-state index in [9.17, 15) is 13.5 Å². The van der Waals surface area contributed by atoms with Crippen molar-refractivity contribution < 1.29 is 18.4 Å². The molecule has 1 heterocycles. The molecule has 0 radical (unpaired) electrons. The number of piperazine rings is 1. The molecular weight excluding hydrogens is 360 g/mol. The Kier molecular flexibility index (Phi) is 5.76. The number of hydrogen-bond donors (Lipinski definition) is 2. The van der Waals surface area contributed by atoms with Gasteiger partial charge in [0.25, 0.3) is 0 Å². The Morgan fingerprint density at radius 1 is 1.04 bits per heavy atom. The van der Waals surface area contributed by atoms with Crippen LogP contribution < -0.4 is 4.90 Å². The van der Waals surface area contributed by atoms with Gasteiger partial charge in [-0.2, -0.15) is 4.31 Å². The van der Waals surface area contributed by atoms with Crippen LogP contribution in [0.5, 0.6) is 0 Å². The zero-order valence-electron chi connectivity index (χ0n) is 13.8. The van der Waals surface area contributed by atoms with E-state index in [1.54, 1.807) is 12.1 Å². The summed E-state index contributed by atoms with van der Waals surface area (Å²) in [4.78, 5) is 1.48. The molecule has 1 fully saturated rings. The van der Waals surface area contributed by atoms with E-state index in [-0.39, 0.29) is 4.90 Å². The Bertz CT molecular complexity index is 789. The van der Waals surface area contributed by atoms with E-state index in [0.717, 1.165) is 5.56 Å². The monoisotopic (exact) mass is 381 g/mol. The first-order valence-electron chi connectivity index (χ1n) is 8.29. The van der Waals surface area contributed by atoms with Crippen molar-refractivity contribution in [3.8, 4) is 0 Å². The number of aliphatic hydroxyl groups is 1. The Labute approximate surface area is 153 Å². The lowest BCUT2D eigenvalue weighted by Gasteiger charge is -2.32. The molecule has 0 unspecified atom stereocenters. The molecule has 7 heteroatoms. The van der Waals surface area contributed by atoms with Crippen LogP contribution in [-0.4, -0.2) is 50.6 Å². The predicted molar refractivity (Wildman–Crippen MR) is 97.2 cm³/mol. The minimum absolute atomic E-state index is 0.268. The first-order chi connectivity index (χ1) is 12.0. The zero-order valence-corrected chi connectivity index (χ0v) is 15.4. The van der Waals surface area contributed by atoms with Gasteiger partial charge in [-0.15, -0.1) is 0 Å². The van der Waals surface area contributed by atoms with Gasteiger partial charge in [-0.3, -0.25) is 0 Å². The van der Waals surface area contributed by atoms with Gasteiger partial charge in [0.15, 0.2) is 0 Å². The molecule has 0 saturated carbocycles. The molecular formula is C18H22ClN2O3S+. The van der Waals surface area contributed by atoms with Crippen molar-refractivity contribution in [1.29, 1.82) is 0 Å². The molecule has 1 saturated heterocycles. The van der Waals surface area contributed by atoms with Gasteiger partial charge in [0.2, 0.25) is 10.0 Å². The van der Waals surface area contributed by atoms with Crippen LogP contribution in [0.2, 0.25) is 5.02 Å². The average Bonchev–Trinajstić information content (AvgIpc) is 2.63. The molecule has 1 aliphatic rings. The highest BCUT2D eigenvalue weighted by molar-refractivity contribution is 7.89. The molecule has 0 aromatic heterocycles. The van der Waals surface area contributed by atoms with Gasteiger partial charge in [0.05, 0.1) is 31.1 Å². The van der Waals surface area contributed by atoms with Gasteiger partial charge in [0, 0.05) is 5.02 Å². The number of aliphatic hydroxyl groups excluding tert-OH is 1. The standard InChI is InChI=1S/C18H21ClN2O3S/c19-16-6-8-17(9-7-16)25(23,24)21-12-10-20(11-13-21)14-18(22)15-4-2-1-3-5-15/h1-9,18,22H,10-14H2/p+1/t18-/m1/s1. The van der Waals surface area contributed by atoms with Crippen LogP contribution >= 0.6 is 11.6 Å². The minimum Gasteiger partial charge on any atom is -0.382 e. The Balaban J connectivity index is 1.59. The van der Waals surface area contributed by atoms with Crippen molar-refractivity contribution in [3.05, 3.63) is 65.2 Å². The third kappa shape index (κ3) is 4.40. The van der Waals surface area contributed by atoms with Gasteiger partial charge in [0.1, 0.15) is 12.6 Å². The number of sulfonamides is 1. The summed E-state index contributed by atoms with van der Waals surface area (Å²) >= 11 is 5.83. The molecule has 134 valence electrons. The van der Waals surface area contributed by atoms with Crippen LogP contribution in [0.15, 0.2) is 59.5 Å². The Hall–Kier alpha value is -1.44. The first kappa shape index (κ1) is 18.4. The van der Waals surface area contributed by atoms with Crippen molar-refractivity contribution in [1.82, 2.24) is 4.31 Å². The molecule has 3 rings (SSSR count). The Morgan fingerprint density at radius 3 is 2.24 bits per heavy atom. The van der Waals surface area contributed by atoms with Crippen molar-refractivity contribution in [2.45, 2.75) is 11.0 Å². The summed E-state index contributed by atoms with van der Waals surface area (Å²) < 4.78 is 26.9. The van der Waals surface area contributed by atoms with Crippen molar-refractivity contribution in [2.24, 2.45) is 0 Å². The van der Waals surface area contributed by atoms with E-state index in [1.165, 1.54) is 21.3 Å². The third-order valence-electron chi connectivity index (χ3n) is 4.55. The molecule has 2 aromatic carbocycles. The van der Waals surface area contributed by atoms with Crippen LogP contribution in [0, 0.1) is 0 Å². The average molecular weight is 382 g/mol. The van der Waals surface area contributed by atoms with Crippen LogP contribution in [0.1, 0.15) is 11.7 Å². The van der Waals surface area contributed by atoms with E-state index in [1.807, 2.05) is 30.3 Å². The van der Waals surface area contributed by atoms with Gasteiger partial charge < -0.3 is 10.0 Å². The SMILES string of the molecule is O=S(=O)(c1ccc(Cl)cc1)N1CC[NH+](C[C@@H](O)c2ccccc2)CC1. The summed E-state index contributed by atoms with van der Waals surface area (Å²) in [5.74, 6) is 0. The van der Waals surface area contributed by atoms with Crippen molar-refractivity contribution >= 4 is 21.6 Å². The van der Waals surface area contributed by atoms with Crippen LogP contribution in [0.4, 0.5) is 0 Å². The fourth-order valence-electron chi connectivity index (χ4n) is 3.07. The maximum absolute atomic E-state index is 12.7. The van der Waals surface area contributed by atoms with Gasteiger partial charge in [-0.1, -0.05) is 41.9 Å². The molecule has 2 aromatic rings. The summed E-state index contributed by atoms with van der Waals surface area (Å²) in [6.07, 6.45) is -0.532. The smallest absolute Gasteiger partial charge is 0.243 e. The fraction of sp³-hybridized carbons (Fsp3) is 0.333. The van der Waals surface area contributed by atoms with E-state index < -0.39 is 16.1 Å². The fourth-order valence-corrected chi connectivity index (χ4v) is 4.64. The highest BCUT2D eigenvalue weighted by Crippen LogP contribution is 2.18. The number of halogens is 1. The predicted octanol–water partition coefficient (Wildman–Crippen LogP) is 0.963. The summed E-state index contributed by atoms with van der Waals surface area (Å²) in [6, 6.07) is 15.8. The van der Waals surface area contributed by atoms with Gasteiger partial charge >= 0.3 is 0 Å². The molecule has 1 atom stereocenters. The second kappa shape index (κ2) is 7.85. The first-order valence-corrected chi connectivity index (χ1v) is 10.1. The van der Waals surface area contributed by atoms with Crippen LogP contribution in [0.3, 0.4) is 0 Å². The highest BCUT2D eigenvalue weighted by atomic mass is 35.5. The molecule has 25 heavy (non-hydrogen) atoms. The highest BCUT2D eigenvalue weighted by Gasteiger charge is 2.31. The molecule has 2 N–H and O–H groups in total. The minimum atomic E-state index is -3.48. The maximum Gasteiger partial charge on any atom is 0.243 e. The third-order valence-corrected chi connectivity index (χ3v) is 6.71. The maximum atomic E-state index is 12.7. The zero-order chi connectivity index (χ0) is 17.9. The van der Waals surface area contributed by atoms with Crippen molar-refractivity contribution in [3.63, 3.8) is 0 Å². The van der Waals surface area contributed by atoms with E-state index in [2.05, 4.69) is 0 Å². The van der Waals surface area contributed by atoms with Gasteiger partial charge in [-0.05, 0) is 29.8 Å². The molecule has 0 amide bonds. The number of hydrogen-bond acceptors (Lipinski definition) is 3. The normalized spacial score (nSPS) is 18.2. The summed E-state index contributed by atoms with van der Waals surface area (Å²) in [5.41, 5.74) is 0.895. The molecule has 0 bridgehead atoms. The number of nitrogens with zero attached hydrogens (tertiary/aromatic N) is 1. The Morgan fingerprint density at radius 2 is 1.64 bits per heavy atom. The van der Waals surface area contributed by atoms with Gasteiger partial charge in [-0.25, -0.2) is 8.42 Å². The quantitative estimate of drug-likeness (QED) is 0.811. The number of quaternary nitrogens is 1. The van der Waals surface area contributed by atoms with Crippen LogP contribution in [-0.2, 0) is 10.0 Å². The largest absolute Gasteiger partial charge is 0.382 e.